The number of rotatable bonds is 8. The summed E-state index contributed by atoms with van der Waals surface area (Å²) in [4.78, 5) is 0. The minimum Gasteiger partial charge on any atom is -0.0741 e. The van der Waals surface area contributed by atoms with Gasteiger partial charge in [-0.2, -0.15) is 0 Å². The van der Waals surface area contributed by atoms with Crippen molar-refractivity contribution >= 4 is 6.71 Å². The highest BCUT2D eigenvalue weighted by atomic mass is 14.4. The van der Waals surface area contributed by atoms with E-state index in [9.17, 15) is 0 Å². The smallest absolute Gasteiger partial charge is 0.0741 e. The zero-order valence-electron chi connectivity index (χ0n) is 15.4. The van der Waals surface area contributed by atoms with Gasteiger partial charge in [0, 0.05) is 0 Å². The van der Waals surface area contributed by atoms with Gasteiger partial charge in [0.2, 0.25) is 0 Å². The molecular weight excluding hydrogens is 239 g/mol. The van der Waals surface area contributed by atoms with E-state index in [0.29, 0.717) is 16.2 Å². The maximum absolute atomic E-state index is 2.52. The zero-order valence-corrected chi connectivity index (χ0v) is 15.4. The molecule has 0 radical (unpaired) electrons. The zero-order chi connectivity index (χ0) is 15.4. The van der Waals surface area contributed by atoms with Crippen molar-refractivity contribution in [2.24, 2.45) is 16.2 Å². The van der Waals surface area contributed by atoms with Crippen molar-refractivity contribution in [1.29, 1.82) is 0 Å². The Hall–Kier alpha value is 0.0649. The third-order valence-corrected chi connectivity index (χ3v) is 6.81. The van der Waals surface area contributed by atoms with Crippen LogP contribution in [0.2, 0.25) is 19.0 Å². The van der Waals surface area contributed by atoms with Gasteiger partial charge in [-0.3, -0.25) is 0 Å². The predicted molar refractivity (Wildman–Crippen MR) is 94.9 cm³/mol. The normalized spacial score (nSPS) is 23.9. The Labute approximate surface area is 129 Å². The first kappa shape index (κ1) is 18.1. The molecule has 0 aromatic heterocycles. The molecule has 1 heterocycles. The van der Waals surface area contributed by atoms with E-state index in [1.165, 1.54) is 57.5 Å². The number of hydrogen-bond acceptors (Lipinski definition) is 0. The number of hydrogen-bond donors (Lipinski definition) is 0. The van der Waals surface area contributed by atoms with Gasteiger partial charge in [0.1, 0.15) is 6.71 Å². The molecule has 1 aliphatic rings. The Kier molecular flexibility index (Phi) is 6.23. The maximum Gasteiger partial charge on any atom is 0.140 e. The summed E-state index contributed by atoms with van der Waals surface area (Å²) in [6.45, 7) is 18.1. The molecule has 0 amide bonds. The van der Waals surface area contributed by atoms with Crippen LogP contribution in [0.5, 0.6) is 0 Å². The van der Waals surface area contributed by atoms with Gasteiger partial charge in [-0.05, 0) is 29.1 Å². The summed E-state index contributed by atoms with van der Waals surface area (Å²) < 4.78 is 0. The molecule has 0 aliphatic carbocycles. The minimum atomic E-state index is 0.536. The predicted octanol–water partition coefficient (Wildman–Crippen LogP) is 6.93. The van der Waals surface area contributed by atoms with Crippen LogP contribution >= 0.6 is 0 Å². The van der Waals surface area contributed by atoms with Crippen LogP contribution < -0.4 is 0 Å². The largest absolute Gasteiger partial charge is 0.140 e. The average molecular weight is 278 g/mol. The minimum absolute atomic E-state index is 0.536. The summed E-state index contributed by atoms with van der Waals surface area (Å²) in [7, 11) is 0. The van der Waals surface area contributed by atoms with Crippen molar-refractivity contribution in [2.75, 3.05) is 0 Å². The fraction of sp³-hybridized carbons (Fsp3) is 1.00. The van der Waals surface area contributed by atoms with Crippen LogP contribution in [0, 0.1) is 16.2 Å². The molecule has 0 aromatic rings. The van der Waals surface area contributed by atoms with Gasteiger partial charge in [-0.15, -0.1) is 0 Å². The van der Waals surface area contributed by atoms with Gasteiger partial charge < -0.3 is 0 Å². The van der Waals surface area contributed by atoms with Gasteiger partial charge in [-0.1, -0.05) is 93.1 Å². The second-order valence-corrected chi connectivity index (χ2v) is 9.20. The van der Waals surface area contributed by atoms with Crippen molar-refractivity contribution < 1.29 is 0 Å². The van der Waals surface area contributed by atoms with Crippen LogP contribution in [-0.4, -0.2) is 6.71 Å². The molecule has 1 atom stereocenters. The first-order valence-electron chi connectivity index (χ1n) is 9.16. The van der Waals surface area contributed by atoms with Gasteiger partial charge in [0.25, 0.3) is 0 Å². The van der Waals surface area contributed by atoms with Crippen molar-refractivity contribution in [2.45, 2.75) is 106 Å². The molecule has 1 saturated heterocycles. The van der Waals surface area contributed by atoms with E-state index < -0.39 is 0 Å². The molecule has 0 saturated carbocycles. The second-order valence-electron chi connectivity index (χ2n) is 9.20. The Morgan fingerprint density at radius 3 is 1.85 bits per heavy atom. The van der Waals surface area contributed by atoms with E-state index in [4.69, 9.17) is 0 Å². The lowest BCUT2D eigenvalue weighted by Crippen LogP contribution is -2.24. The SMILES string of the molecule is CCCCC(C)(CC)CCCB1CC(C)(C)C(C)(C)C1. The summed E-state index contributed by atoms with van der Waals surface area (Å²) in [6.07, 6.45) is 12.8. The highest BCUT2D eigenvalue weighted by molar-refractivity contribution is 6.60. The topological polar surface area (TPSA) is 0 Å². The summed E-state index contributed by atoms with van der Waals surface area (Å²) in [6, 6.07) is 0. The average Bonchev–Trinajstić information content (AvgIpc) is 2.55. The molecule has 0 aromatic carbocycles. The van der Waals surface area contributed by atoms with Crippen molar-refractivity contribution in [3.05, 3.63) is 0 Å². The van der Waals surface area contributed by atoms with E-state index in [-0.39, 0.29) is 0 Å². The highest BCUT2D eigenvalue weighted by Gasteiger charge is 2.47. The summed E-state index contributed by atoms with van der Waals surface area (Å²) in [5.74, 6) is 0. The van der Waals surface area contributed by atoms with Crippen LogP contribution in [0.4, 0.5) is 0 Å². The van der Waals surface area contributed by atoms with Crippen molar-refractivity contribution in [1.82, 2.24) is 0 Å². The van der Waals surface area contributed by atoms with Crippen LogP contribution in [-0.2, 0) is 0 Å². The first-order valence-corrected chi connectivity index (χ1v) is 9.16. The molecule has 0 N–H and O–H groups in total. The lowest BCUT2D eigenvalue weighted by atomic mass is 9.43. The molecule has 1 unspecified atom stereocenters. The Bertz CT molecular complexity index is 276. The summed E-state index contributed by atoms with van der Waals surface area (Å²) >= 11 is 0. The highest BCUT2D eigenvalue weighted by Crippen LogP contribution is 2.54. The van der Waals surface area contributed by atoms with Crippen LogP contribution in [0.25, 0.3) is 0 Å². The van der Waals surface area contributed by atoms with Gasteiger partial charge in [0.05, 0.1) is 0 Å². The third-order valence-electron chi connectivity index (χ3n) is 6.81. The van der Waals surface area contributed by atoms with E-state index in [2.05, 4.69) is 48.5 Å². The lowest BCUT2D eigenvalue weighted by molar-refractivity contribution is 0.177. The number of unbranched alkanes of at least 4 members (excludes halogenated alkanes) is 1. The van der Waals surface area contributed by atoms with E-state index in [0.717, 1.165) is 6.71 Å². The molecule has 0 spiro atoms. The van der Waals surface area contributed by atoms with E-state index in [1.54, 1.807) is 0 Å². The van der Waals surface area contributed by atoms with Crippen molar-refractivity contribution in [3.8, 4) is 0 Å². The fourth-order valence-corrected chi connectivity index (χ4v) is 4.17. The fourth-order valence-electron chi connectivity index (χ4n) is 4.17. The van der Waals surface area contributed by atoms with Gasteiger partial charge in [0.15, 0.2) is 0 Å². The molecule has 1 heteroatoms. The standard InChI is InChI=1S/C19H39B/c1-8-10-12-19(7,9-2)13-11-14-20-15-17(3,4)18(5,6)16-20/h8-16H2,1-7H3. The van der Waals surface area contributed by atoms with E-state index >= 15 is 0 Å². The first-order chi connectivity index (χ1) is 9.16. The molecular formula is C19H39B. The molecule has 0 nitrogen and oxygen atoms in total. The Morgan fingerprint density at radius 2 is 1.40 bits per heavy atom. The van der Waals surface area contributed by atoms with Crippen LogP contribution in [0.15, 0.2) is 0 Å². The monoisotopic (exact) mass is 278 g/mol. The second kappa shape index (κ2) is 6.88. The lowest BCUT2D eigenvalue weighted by Gasteiger charge is -2.35. The molecule has 1 aliphatic heterocycles. The Morgan fingerprint density at radius 1 is 0.900 bits per heavy atom. The summed E-state index contributed by atoms with van der Waals surface area (Å²) in [5, 5.41) is 0. The van der Waals surface area contributed by atoms with Crippen molar-refractivity contribution in [3.63, 3.8) is 0 Å². The van der Waals surface area contributed by atoms with Crippen LogP contribution in [0.3, 0.4) is 0 Å². The Balaban J connectivity index is 2.38. The van der Waals surface area contributed by atoms with Crippen LogP contribution in [0.1, 0.15) is 87.0 Å². The third kappa shape index (κ3) is 4.53. The molecule has 1 fully saturated rings. The molecule has 20 heavy (non-hydrogen) atoms. The van der Waals surface area contributed by atoms with Gasteiger partial charge >= 0.3 is 0 Å². The molecule has 0 bridgehead atoms. The maximum atomic E-state index is 2.52. The quantitative estimate of drug-likeness (QED) is 0.422. The van der Waals surface area contributed by atoms with Gasteiger partial charge in [-0.25, -0.2) is 0 Å². The molecule has 1 rings (SSSR count). The summed E-state index contributed by atoms with van der Waals surface area (Å²) in [5.41, 5.74) is 1.68. The van der Waals surface area contributed by atoms with E-state index in [1.807, 2.05) is 0 Å². The molecule has 118 valence electrons.